The van der Waals surface area contributed by atoms with E-state index in [2.05, 4.69) is 0 Å². The van der Waals surface area contributed by atoms with Gasteiger partial charge in [-0.25, -0.2) is 9.59 Å². The Balaban J connectivity index is 2.12. The van der Waals surface area contributed by atoms with Gasteiger partial charge in [-0.3, -0.25) is 4.90 Å². The van der Waals surface area contributed by atoms with Crippen LogP contribution in [0.15, 0.2) is 0 Å². The van der Waals surface area contributed by atoms with Gasteiger partial charge >= 0.3 is 12.0 Å². The first kappa shape index (κ1) is 15.4. The Hall–Kier alpha value is -0.950. The summed E-state index contributed by atoms with van der Waals surface area (Å²) in [5.41, 5.74) is 5.85. The van der Waals surface area contributed by atoms with Gasteiger partial charge in [-0.1, -0.05) is 13.8 Å². The SMILES string of the molecule is CC(C)C1SCC(C(=O)O)N1C(=O)N1CCC(N)CC1. The van der Waals surface area contributed by atoms with E-state index >= 15 is 0 Å². The number of nitrogens with two attached hydrogens (primary N) is 1. The Morgan fingerprint density at radius 1 is 1.30 bits per heavy atom. The summed E-state index contributed by atoms with van der Waals surface area (Å²) in [5, 5.41) is 9.27. The predicted molar refractivity (Wildman–Crippen MR) is 78.5 cm³/mol. The van der Waals surface area contributed by atoms with E-state index in [0.717, 1.165) is 12.8 Å². The summed E-state index contributed by atoms with van der Waals surface area (Å²) in [6.07, 6.45) is 1.58. The van der Waals surface area contributed by atoms with Gasteiger partial charge in [0.2, 0.25) is 0 Å². The average Bonchev–Trinajstić information content (AvgIpc) is 2.83. The van der Waals surface area contributed by atoms with E-state index in [4.69, 9.17) is 5.73 Å². The number of likely N-dealkylation sites (tertiary alicyclic amines) is 1. The zero-order valence-corrected chi connectivity index (χ0v) is 12.8. The second kappa shape index (κ2) is 6.22. The number of nitrogens with zero attached hydrogens (tertiary/aromatic N) is 2. The van der Waals surface area contributed by atoms with Crippen LogP contribution in [0, 0.1) is 5.92 Å². The van der Waals surface area contributed by atoms with Crippen molar-refractivity contribution in [3.8, 4) is 0 Å². The Bertz CT molecular complexity index is 383. The summed E-state index contributed by atoms with van der Waals surface area (Å²) in [6.45, 7) is 5.29. The third-order valence-electron chi connectivity index (χ3n) is 3.92. The Morgan fingerprint density at radius 2 is 1.90 bits per heavy atom. The van der Waals surface area contributed by atoms with Crippen molar-refractivity contribution in [1.82, 2.24) is 9.80 Å². The molecule has 0 aromatic heterocycles. The number of carbonyl (C=O) groups is 2. The molecule has 6 nitrogen and oxygen atoms in total. The molecule has 0 aromatic carbocycles. The maximum absolute atomic E-state index is 12.7. The van der Waals surface area contributed by atoms with E-state index in [1.165, 1.54) is 0 Å². The van der Waals surface area contributed by atoms with Crippen molar-refractivity contribution in [2.24, 2.45) is 11.7 Å². The number of amides is 2. The molecular formula is C13H23N3O3S. The summed E-state index contributed by atoms with van der Waals surface area (Å²) < 4.78 is 0. The summed E-state index contributed by atoms with van der Waals surface area (Å²) in [4.78, 5) is 27.4. The molecule has 0 aliphatic carbocycles. The lowest BCUT2D eigenvalue weighted by atomic mass is 10.1. The van der Waals surface area contributed by atoms with Gasteiger partial charge in [-0.15, -0.1) is 11.8 Å². The maximum atomic E-state index is 12.7. The molecule has 2 saturated heterocycles. The van der Waals surface area contributed by atoms with Gasteiger partial charge in [-0.2, -0.15) is 0 Å². The molecule has 2 heterocycles. The Morgan fingerprint density at radius 3 is 2.40 bits per heavy atom. The quantitative estimate of drug-likeness (QED) is 0.795. The molecule has 2 rings (SSSR count). The summed E-state index contributed by atoms with van der Waals surface area (Å²) in [5.74, 6) is -0.208. The molecule has 0 spiro atoms. The number of rotatable bonds is 2. The van der Waals surface area contributed by atoms with Crippen molar-refractivity contribution in [2.45, 2.75) is 44.1 Å². The van der Waals surface area contributed by atoms with Crippen molar-refractivity contribution in [2.75, 3.05) is 18.8 Å². The van der Waals surface area contributed by atoms with Crippen LogP contribution in [-0.2, 0) is 4.79 Å². The number of hydrogen-bond donors (Lipinski definition) is 2. The molecule has 2 fully saturated rings. The number of carbonyl (C=O) groups excluding carboxylic acids is 1. The molecule has 2 unspecified atom stereocenters. The van der Waals surface area contributed by atoms with Crippen LogP contribution >= 0.6 is 11.8 Å². The van der Waals surface area contributed by atoms with Crippen molar-refractivity contribution in [1.29, 1.82) is 0 Å². The molecule has 20 heavy (non-hydrogen) atoms. The highest BCUT2D eigenvalue weighted by atomic mass is 32.2. The Kier molecular flexibility index (Phi) is 4.80. The second-order valence-corrected chi connectivity index (χ2v) is 6.99. The van der Waals surface area contributed by atoms with Crippen molar-refractivity contribution >= 4 is 23.8 Å². The van der Waals surface area contributed by atoms with E-state index in [1.807, 2.05) is 13.8 Å². The lowest BCUT2D eigenvalue weighted by molar-refractivity contribution is -0.141. The van der Waals surface area contributed by atoms with Gasteiger partial charge in [0.15, 0.2) is 0 Å². The van der Waals surface area contributed by atoms with Gasteiger partial charge in [-0.05, 0) is 18.8 Å². The number of hydrogen-bond acceptors (Lipinski definition) is 4. The fourth-order valence-electron chi connectivity index (χ4n) is 2.73. The number of piperidine rings is 1. The second-order valence-electron chi connectivity index (χ2n) is 5.84. The first-order chi connectivity index (χ1) is 9.41. The van der Waals surface area contributed by atoms with E-state index < -0.39 is 12.0 Å². The van der Waals surface area contributed by atoms with Gasteiger partial charge < -0.3 is 15.7 Å². The molecule has 7 heteroatoms. The van der Waals surface area contributed by atoms with Crippen molar-refractivity contribution in [3.05, 3.63) is 0 Å². The van der Waals surface area contributed by atoms with Crippen LogP contribution in [0.1, 0.15) is 26.7 Å². The summed E-state index contributed by atoms with van der Waals surface area (Å²) in [7, 11) is 0. The molecule has 114 valence electrons. The van der Waals surface area contributed by atoms with Crippen LogP contribution in [0.3, 0.4) is 0 Å². The zero-order valence-electron chi connectivity index (χ0n) is 12.0. The number of carboxylic acids is 1. The van der Waals surface area contributed by atoms with Crippen LogP contribution in [0.4, 0.5) is 4.79 Å². The summed E-state index contributed by atoms with van der Waals surface area (Å²) in [6, 6.07) is -0.702. The predicted octanol–water partition coefficient (Wildman–Crippen LogP) is 1.01. The third kappa shape index (κ3) is 3.03. The lowest BCUT2D eigenvalue weighted by Gasteiger charge is -2.37. The topological polar surface area (TPSA) is 86.9 Å². The number of thioether (sulfide) groups is 1. The number of urea groups is 1. The van der Waals surface area contributed by atoms with Crippen LogP contribution in [0.25, 0.3) is 0 Å². The van der Waals surface area contributed by atoms with Crippen molar-refractivity contribution in [3.63, 3.8) is 0 Å². The minimum atomic E-state index is -0.914. The van der Waals surface area contributed by atoms with Crippen molar-refractivity contribution < 1.29 is 14.7 Å². The molecule has 2 atom stereocenters. The minimum absolute atomic E-state index is 0.0563. The first-order valence-corrected chi connectivity index (χ1v) is 8.14. The smallest absolute Gasteiger partial charge is 0.327 e. The van der Waals surface area contributed by atoms with E-state index in [-0.39, 0.29) is 23.4 Å². The molecule has 0 radical (unpaired) electrons. The van der Waals surface area contributed by atoms with Gasteiger partial charge in [0.05, 0.1) is 5.37 Å². The van der Waals surface area contributed by atoms with Crippen LogP contribution in [-0.4, -0.2) is 63.2 Å². The molecular weight excluding hydrogens is 278 g/mol. The molecule has 2 amide bonds. The molecule has 0 saturated carbocycles. The highest BCUT2D eigenvalue weighted by Gasteiger charge is 2.44. The monoisotopic (exact) mass is 301 g/mol. The van der Waals surface area contributed by atoms with E-state index in [9.17, 15) is 14.7 Å². The molecule has 0 aromatic rings. The Labute approximate surface area is 123 Å². The molecule has 3 N–H and O–H groups in total. The molecule has 0 bridgehead atoms. The standard InChI is InChI=1S/C13H23N3O3S/c1-8(2)11-16(10(7-20-11)12(17)18)13(19)15-5-3-9(14)4-6-15/h8-11H,3-7,14H2,1-2H3,(H,17,18). The number of aliphatic carboxylic acids is 1. The van der Waals surface area contributed by atoms with Crippen LogP contribution in [0.5, 0.6) is 0 Å². The molecule has 2 aliphatic heterocycles. The van der Waals surface area contributed by atoms with Crippen LogP contribution in [0.2, 0.25) is 0 Å². The normalized spacial score (nSPS) is 28.2. The zero-order chi connectivity index (χ0) is 14.9. The highest BCUT2D eigenvalue weighted by molar-refractivity contribution is 8.00. The fourth-order valence-corrected chi connectivity index (χ4v) is 4.19. The van der Waals surface area contributed by atoms with E-state index in [1.54, 1.807) is 21.6 Å². The van der Waals surface area contributed by atoms with Gasteiger partial charge in [0.1, 0.15) is 6.04 Å². The van der Waals surface area contributed by atoms with E-state index in [0.29, 0.717) is 18.8 Å². The van der Waals surface area contributed by atoms with Gasteiger partial charge in [0, 0.05) is 24.9 Å². The average molecular weight is 301 g/mol. The lowest BCUT2D eigenvalue weighted by Crippen LogP contribution is -2.55. The molecule has 2 aliphatic rings. The minimum Gasteiger partial charge on any atom is -0.480 e. The largest absolute Gasteiger partial charge is 0.480 e. The van der Waals surface area contributed by atoms with Crippen LogP contribution < -0.4 is 5.73 Å². The maximum Gasteiger partial charge on any atom is 0.327 e. The fraction of sp³-hybridized carbons (Fsp3) is 0.846. The third-order valence-corrected chi connectivity index (χ3v) is 5.54. The summed E-state index contributed by atoms with van der Waals surface area (Å²) >= 11 is 1.56. The van der Waals surface area contributed by atoms with Gasteiger partial charge in [0.25, 0.3) is 0 Å². The highest BCUT2D eigenvalue weighted by Crippen LogP contribution is 2.35. The number of carboxylic acid groups (broad SMARTS) is 1. The first-order valence-electron chi connectivity index (χ1n) is 7.09.